The van der Waals surface area contributed by atoms with Crippen molar-refractivity contribution in [1.82, 2.24) is 10.3 Å². The van der Waals surface area contributed by atoms with Crippen LogP contribution in [0.15, 0.2) is 53.4 Å². The van der Waals surface area contributed by atoms with Gasteiger partial charge in [0.2, 0.25) is 0 Å². The van der Waals surface area contributed by atoms with Crippen molar-refractivity contribution < 1.29 is 18.7 Å². The minimum absolute atomic E-state index is 0.226. The van der Waals surface area contributed by atoms with Crippen LogP contribution in [0.3, 0.4) is 0 Å². The van der Waals surface area contributed by atoms with Gasteiger partial charge in [-0.15, -0.1) is 11.3 Å². The zero-order chi connectivity index (χ0) is 19.1. The summed E-state index contributed by atoms with van der Waals surface area (Å²) in [5.74, 6) is 0.511. The average Bonchev–Trinajstić information content (AvgIpc) is 3.20. The third-order valence-electron chi connectivity index (χ3n) is 3.87. The fraction of sp³-hybridized carbons (Fsp3) is 0.200. The van der Waals surface area contributed by atoms with E-state index in [4.69, 9.17) is 9.47 Å². The molecule has 1 amide bonds. The lowest BCUT2D eigenvalue weighted by molar-refractivity contribution is 0.0953. The number of amides is 1. The Bertz CT molecular complexity index is 900. The van der Waals surface area contributed by atoms with Gasteiger partial charge in [0.25, 0.3) is 5.91 Å². The molecule has 1 N–H and O–H groups in total. The van der Waals surface area contributed by atoms with Crippen LogP contribution in [0.2, 0.25) is 0 Å². The number of hydrogen-bond acceptors (Lipinski definition) is 5. The van der Waals surface area contributed by atoms with Crippen molar-refractivity contribution in [2.45, 2.75) is 13.0 Å². The molecule has 0 aliphatic carbocycles. The van der Waals surface area contributed by atoms with E-state index in [-0.39, 0.29) is 11.7 Å². The summed E-state index contributed by atoms with van der Waals surface area (Å²) in [6, 6.07) is 11.3. The number of halogens is 1. The molecular weight excluding hydrogens is 367 g/mol. The molecule has 0 saturated carbocycles. The molecule has 0 unspecified atom stereocenters. The van der Waals surface area contributed by atoms with Gasteiger partial charge in [-0.2, -0.15) is 0 Å². The molecule has 0 spiro atoms. The second-order valence-corrected chi connectivity index (χ2v) is 6.49. The molecule has 27 heavy (non-hydrogen) atoms. The van der Waals surface area contributed by atoms with Crippen LogP contribution < -0.4 is 14.8 Å². The van der Waals surface area contributed by atoms with E-state index < -0.39 is 0 Å². The predicted octanol–water partition coefficient (Wildman–Crippen LogP) is 3.84. The Balaban J connectivity index is 1.57. The van der Waals surface area contributed by atoms with Crippen molar-refractivity contribution in [2.75, 3.05) is 13.7 Å². The number of ether oxygens (including phenoxy) is 2. The zero-order valence-electron chi connectivity index (χ0n) is 14.8. The van der Waals surface area contributed by atoms with Crippen molar-refractivity contribution >= 4 is 17.2 Å². The largest absolute Gasteiger partial charge is 0.493 e. The first kappa shape index (κ1) is 18.8. The molecule has 3 aromatic rings. The van der Waals surface area contributed by atoms with Gasteiger partial charge in [-0.3, -0.25) is 4.79 Å². The summed E-state index contributed by atoms with van der Waals surface area (Å²) < 4.78 is 24.2. The summed E-state index contributed by atoms with van der Waals surface area (Å²) in [6.45, 7) is 0.742. The summed E-state index contributed by atoms with van der Waals surface area (Å²) in [7, 11) is 1.52. The molecule has 140 valence electrons. The monoisotopic (exact) mass is 386 g/mol. The summed E-state index contributed by atoms with van der Waals surface area (Å²) in [5.41, 5.74) is 3.87. The number of carbonyl (C=O) groups excluding carboxylic acids is 1. The minimum atomic E-state index is -0.281. The number of benzene rings is 2. The van der Waals surface area contributed by atoms with Gasteiger partial charge in [-0.1, -0.05) is 12.1 Å². The third-order valence-corrected chi connectivity index (χ3v) is 4.51. The van der Waals surface area contributed by atoms with Gasteiger partial charge in [0.15, 0.2) is 11.5 Å². The molecule has 0 radical (unpaired) electrons. The van der Waals surface area contributed by atoms with E-state index in [0.29, 0.717) is 36.6 Å². The maximum Gasteiger partial charge on any atom is 0.251 e. The minimum Gasteiger partial charge on any atom is -0.493 e. The highest BCUT2D eigenvalue weighted by Crippen LogP contribution is 2.28. The van der Waals surface area contributed by atoms with E-state index in [1.807, 2.05) is 11.4 Å². The molecular formula is C20H19FN2O3S. The second kappa shape index (κ2) is 9.14. The van der Waals surface area contributed by atoms with E-state index in [9.17, 15) is 9.18 Å². The molecule has 3 rings (SSSR count). The summed E-state index contributed by atoms with van der Waals surface area (Å²) in [6.07, 6.45) is 0.551. The van der Waals surface area contributed by atoms with Crippen molar-refractivity contribution in [2.24, 2.45) is 0 Å². The Morgan fingerprint density at radius 1 is 1.22 bits per heavy atom. The molecule has 0 saturated heterocycles. The van der Waals surface area contributed by atoms with Gasteiger partial charge in [0, 0.05) is 17.5 Å². The van der Waals surface area contributed by atoms with Crippen molar-refractivity contribution in [3.63, 3.8) is 0 Å². The summed E-state index contributed by atoms with van der Waals surface area (Å²) in [4.78, 5) is 16.5. The Labute approximate surface area is 160 Å². The lowest BCUT2D eigenvalue weighted by atomic mass is 10.1. The van der Waals surface area contributed by atoms with Gasteiger partial charge >= 0.3 is 0 Å². The Morgan fingerprint density at radius 2 is 2.11 bits per heavy atom. The summed E-state index contributed by atoms with van der Waals surface area (Å²) >= 11 is 1.50. The van der Waals surface area contributed by atoms with Crippen LogP contribution in [0.1, 0.15) is 21.6 Å². The third kappa shape index (κ3) is 5.27. The number of nitrogens with zero attached hydrogens (tertiary/aromatic N) is 1. The molecule has 0 aliphatic heterocycles. The normalized spacial score (nSPS) is 10.4. The molecule has 2 aromatic carbocycles. The molecule has 0 aliphatic rings. The van der Waals surface area contributed by atoms with Gasteiger partial charge < -0.3 is 14.8 Å². The number of thiazole rings is 1. The summed E-state index contributed by atoms with van der Waals surface area (Å²) in [5, 5.41) is 4.74. The fourth-order valence-corrected chi connectivity index (χ4v) is 3.05. The number of aromatic nitrogens is 1. The van der Waals surface area contributed by atoms with E-state index in [2.05, 4.69) is 10.3 Å². The first-order valence-electron chi connectivity index (χ1n) is 8.36. The van der Waals surface area contributed by atoms with Gasteiger partial charge in [0.05, 0.1) is 18.3 Å². The topological polar surface area (TPSA) is 60.5 Å². The highest BCUT2D eigenvalue weighted by Gasteiger charge is 2.11. The maximum absolute atomic E-state index is 13.2. The smallest absolute Gasteiger partial charge is 0.251 e. The molecule has 1 heterocycles. The quantitative estimate of drug-likeness (QED) is 0.639. The lowest BCUT2D eigenvalue weighted by Crippen LogP contribution is -2.25. The van der Waals surface area contributed by atoms with Crippen molar-refractivity contribution in [1.29, 1.82) is 0 Å². The SMILES string of the molecule is COc1cc(C(=O)NCCc2cccc(F)c2)ccc1OCc1cscn1. The Morgan fingerprint density at radius 3 is 2.85 bits per heavy atom. The standard InChI is InChI=1S/C20H19FN2O3S/c1-25-19-10-15(5-6-18(19)26-11-17-12-27-13-23-17)20(24)22-8-7-14-3-2-4-16(21)9-14/h2-6,9-10,12-13H,7-8,11H2,1H3,(H,22,24). The van der Waals surface area contributed by atoms with E-state index in [1.54, 1.807) is 29.8 Å². The van der Waals surface area contributed by atoms with Crippen LogP contribution in [0.4, 0.5) is 4.39 Å². The highest BCUT2D eigenvalue weighted by molar-refractivity contribution is 7.07. The molecule has 1 aromatic heterocycles. The fourth-order valence-electron chi connectivity index (χ4n) is 2.50. The molecule has 0 atom stereocenters. The number of hydrogen-bond donors (Lipinski definition) is 1. The van der Waals surface area contributed by atoms with Gasteiger partial charge in [-0.05, 0) is 42.3 Å². The van der Waals surface area contributed by atoms with Crippen LogP contribution in [-0.4, -0.2) is 24.5 Å². The number of methoxy groups -OCH3 is 1. The van der Waals surface area contributed by atoms with Gasteiger partial charge in [0.1, 0.15) is 12.4 Å². The van der Waals surface area contributed by atoms with Gasteiger partial charge in [-0.25, -0.2) is 9.37 Å². The second-order valence-electron chi connectivity index (χ2n) is 5.77. The van der Waals surface area contributed by atoms with Crippen LogP contribution in [-0.2, 0) is 13.0 Å². The maximum atomic E-state index is 13.2. The van der Waals surface area contributed by atoms with Crippen molar-refractivity contribution in [3.8, 4) is 11.5 Å². The van der Waals surface area contributed by atoms with E-state index >= 15 is 0 Å². The van der Waals surface area contributed by atoms with Crippen LogP contribution >= 0.6 is 11.3 Å². The number of carbonyl (C=O) groups is 1. The molecule has 0 bridgehead atoms. The van der Waals surface area contributed by atoms with Crippen LogP contribution in [0, 0.1) is 5.82 Å². The van der Waals surface area contributed by atoms with Crippen LogP contribution in [0.25, 0.3) is 0 Å². The van der Waals surface area contributed by atoms with Crippen molar-refractivity contribution in [3.05, 3.63) is 76.0 Å². The predicted molar refractivity (Wildman–Crippen MR) is 102 cm³/mol. The Hall–Kier alpha value is -2.93. The highest BCUT2D eigenvalue weighted by atomic mass is 32.1. The number of nitrogens with one attached hydrogen (secondary N) is 1. The zero-order valence-corrected chi connectivity index (χ0v) is 15.6. The average molecular weight is 386 g/mol. The first-order chi connectivity index (χ1) is 13.2. The molecule has 0 fully saturated rings. The van der Waals surface area contributed by atoms with E-state index in [1.165, 1.54) is 30.6 Å². The Kier molecular flexibility index (Phi) is 6.38. The van der Waals surface area contributed by atoms with Crippen LogP contribution in [0.5, 0.6) is 11.5 Å². The lowest BCUT2D eigenvalue weighted by Gasteiger charge is -2.12. The first-order valence-corrected chi connectivity index (χ1v) is 9.30. The number of rotatable bonds is 8. The molecule has 7 heteroatoms. The molecule has 5 nitrogen and oxygen atoms in total. The van der Waals surface area contributed by atoms with E-state index in [0.717, 1.165) is 11.3 Å².